The average Bonchev–Trinajstić information content (AvgIpc) is 0.754. The van der Waals surface area contributed by atoms with Gasteiger partial charge in [-0.15, -0.1) is 0 Å². The SMILES string of the molecule is COC[C@H]1O[C@@H](O[C@H]2[C@H](O)[C@@H](NC(C)=O)[C@H](O[C@@H]3[C@@H](O[C@@H]4[C@H](O)[C@H](O[C@H]5[C@H](O)[C@@H](NC(C)=O)[C@H](O[C@H]6[C@H](O)[C@@H](NC(C)=O)[C@H](O)O[C@@H]6CO)O[C@@H]5CO)O[C@H](CO[C@H]5O[C@H](CO)[C@@H](O)[C@H](O)[C@@H]5O[C@@H]5O[C@H](CO)[C@@H](O[C@H]6O[C@H](COC)[C@H](O)[C@H](O)[C@H]6O)[C@H](O)[C@H]5NC(C)=O)[C@H]4O)O[C@H](CO)[C@@H](O)[C@@H]3O)O[C@@H]2CO)[C@H](O)[C@@H](O)[C@H]1O. The van der Waals surface area contributed by atoms with Crippen molar-refractivity contribution in [1.29, 1.82) is 0 Å². The largest absolute Gasteiger partial charge is 0.394 e. The number of methoxy groups -OCH3 is 2. The molecule has 0 aliphatic carbocycles. The van der Waals surface area contributed by atoms with Crippen LogP contribution in [0.15, 0.2) is 0 Å². The van der Waals surface area contributed by atoms with E-state index in [4.69, 9.17) is 90.0 Å². The third-order valence-corrected chi connectivity index (χ3v) is 20.7. The minimum atomic E-state index is -2.56. The van der Waals surface area contributed by atoms with Crippen LogP contribution in [0.3, 0.4) is 0 Å². The Hall–Kier alpha value is -3.80. The van der Waals surface area contributed by atoms with E-state index in [0.29, 0.717) is 0 Å². The van der Waals surface area contributed by atoms with E-state index in [1.165, 1.54) is 14.2 Å². The fourth-order valence-electron chi connectivity index (χ4n) is 14.8. The summed E-state index contributed by atoms with van der Waals surface area (Å²) in [6.45, 7) is -4.70. The van der Waals surface area contributed by atoms with Gasteiger partial charge in [0.05, 0.1) is 59.5 Å². The van der Waals surface area contributed by atoms with Crippen molar-refractivity contribution in [2.24, 2.45) is 0 Å². The van der Waals surface area contributed by atoms with Crippen molar-refractivity contribution >= 4 is 23.6 Å². The molecule has 9 aliphatic rings. The van der Waals surface area contributed by atoms with Crippen LogP contribution in [0.5, 0.6) is 0 Å². The molecule has 9 rings (SSSR count). The van der Waals surface area contributed by atoms with Gasteiger partial charge in [0.25, 0.3) is 0 Å². The van der Waals surface area contributed by atoms with Crippen LogP contribution < -0.4 is 21.3 Å². The van der Waals surface area contributed by atoms with E-state index < -0.39 is 346 Å². The molecule has 4 amide bonds. The van der Waals surface area contributed by atoms with Crippen molar-refractivity contribution in [2.75, 3.05) is 73.7 Å². The van der Waals surface area contributed by atoms with Crippen LogP contribution >= 0.6 is 0 Å². The monoisotopic (exact) mass is 1670 g/mol. The highest BCUT2D eigenvalue weighted by Crippen LogP contribution is 2.40. The summed E-state index contributed by atoms with van der Waals surface area (Å²) in [6.07, 6.45) is -83.4. The first-order chi connectivity index (χ1) is 54.0. The number of aliphatic hydroxyl groups excluding tert-OH is 23. The molecule has 114 heavy (non-hydrogen) atoms. The van der Waals surface area contributed by atoms with E-state index in [1.54, 1.807) is 0 Å². The Balaban J connectivity index is 1.05. The molecule has 9 saturated heterocycles. The third kappa shape index (κ3) is 21.0. The van der Waals surface area contributed by atoms with E-state index in [2.05, 4.69) is 21.3 Å². The van der Waals surface area contributed by atoms with Gasteiger partial charge >= 0.3 is 0 Å². The summed E-state index contributed by atoms with van der Waals surface area (Å²) in [7, 11) is 2.44. The molecule has 0 unspecified atom stereocenters. The van der Waals surface area contributed by atoms with Crippen molar-refractivity contribution in [3.05, 3.63) is 0 Å². The molecule has 27 N–H and O–H groups in total. The van der Waals surface area contributed by atoms with Crippen molar-refractivity contribution in [3.8, 4) is 0 Å². The lowest BCUT2D eigenvalue weighted by Crippen LogP contribution is -2.71. The van der Waals surface area contributed by atoms with Gasteiger partial charge in [-0.25, -0.2) is 0 Å². The van der Waals surface area contributed by atoms with Gasteiger partial charge in [-0.2, -0.15) is 0 Å². The van der Waals surface area contributed by atoms with Gasteiger partial charge in [-0.1, -0.05) is 0 Å². The molecule has 50 nitrogen and oxygen atoms in total. The van der Waals surface area contributed by atoms with Gasteiger partial charge in [-0.3, -0.25) is 19.2 Å². The van der Waals surface area contributed by atoms with Crippen LogP contribution in [0.25, 0.3) is 0 Å². The number of carbonyl (C=O) groups is 4. The summed E-state index contributed by atoms with van der Waals surface area (Å²) in [5.41, 5.74) is 0. The summed E-state index contributed by atoms with van der Waals surface area (Å²) in [4.78, 5) is 51.1. The molecule has 0 bridgehead atoms. The molecule has 0 aromatic rings. The molecule has 45 atom stereocenters. The Labute approximate surface area is 647 Å². The molecule has 0 saturated carbocycles. The zero-order valence-electron chi connectivity index (χ0n) is 62.0. The predicted molar refractivity (Wildman–Crippen MR) is 353 cm³/mol. The molecule has 9 heterocycles. The molecule has 0 aromatic heterocycles. The summed E-state index contributed by atoms with van der Waals surface area (Å²) in [6, 6.07) is -7.36. The molecular formula is C64H108N4O46. The van der Waals surface area contributed by atoms with E-state index in [0.717, 1.165) is 27.7 Å². The number of amides is 4. The minimum absolute atomic E-state index is 0.362. The van der Waals surface area contributed by atoms with Gasteiger partial charge in [0, 0.05) is 41.9 Å². The Morgan fingerprint density at radius 1 is 0.246 bits per heavy atom. The second kappa shape index (κ2) is 41.6. The van der Waals surface area contributed by atoms with Crippen LogP contribution in [0.2, 0.25) is 0 Å². The highest BCUT2D eigenvalue weighted by atomic mass is 16.8. The maximum Gasteiger partial charge on any atom is 0.217 e. The normalized spacial score (nSPS) is 48.3. The van der Waals surface area contributed by atoms with Crippen LogP contribution in [-0.4, -0.2) is 491 Å². The quantitative estimate of drug-likeness (QED) is 0.0306. The van der Waals surface area contributed by atoms with Gasteiger partial charge in [0.15, 0.2) is 56.6 Å². The maximum absolute atomic E-state index is 13.0. The lowest BCUT2D eigenvalue weighted by Gasteiger charge is -2.51. The number of hydrogen-bond donors (Lipinski definition) is 27. The molecule has 0 aromatic carbocycles. The zero-order valence-corrected chi connectivity index (χ0v) is 62.0. The maximum atomic E-state index is 13.0. The van der Waals surface area contributed by atoms with Gasteiger partial charge in [-0.05, 0) is 0 Å². The van der Waals surface area contributed by atoms with Gasteiger partial charge < -0.3 is 229 Å². The van der Waals surface area contributed by atoms with E-state index in [-0.39, 0.29) is 13.2 Å². The van der Waals surface area contributed by atoms with Gasteiger partial charge in [0.1, 0.15) is 219 Å². The standard InChI is InChI=1S/C64H108N4O46/c1-16(75)65-29-38(84)49(22(9-71)99-56(29)95)108-57-30(66-17(2)76)39(85)52(25(12-74)102-57)111-62-48(94)53(112-64-55(45(91)34(80)21(8-70)101-64)114-59-32(68-19(4)78)41(87)51(24(11-73)104-59)110-61-47(93)43(89)36(82)27(106-61)14-97-6)37(83)28(107-62)15-98-63-54(44(90)33(79)20(7-69)100-63)113-58-31(67-18(3)77)40(86)50(23(10-72)103-58)109-60-46(92)42(88)35(81)26(105-60)13-96-5/h20-64,69-74,79-95H,7-15H2,1-6H3,(H,65,75)(H,66,76)(H,67,77)(H,68,78)/t20-,21-,22-,23-,24-,25-,26-,27-,28-,29-,30-,31-,32-,33-,34-,35+,36+,37-,38-,39-,40-,41-,42+,43+,44+,45+,46-,47-,48+,49-,50-,51-,52-,53+,54+,55+,56-,57+,58+,59+,60-,61+,62+,63+,64-/m1/s1. The fraction of sp³-hybridized carbons (Fsp3) is 0.938. The first-order valence-corrected chi connectivity index (χ1v) is 36.4. The highest BCUT2D eigenvalue weighted by molar-refractivity contribution is 5.74. The zero-order chi connectivity index (χ0) is 83.9. The number of nitrogens with one attached hydrogen (secondary N) is 4. The number of ether oxygens (including phenoxy) is 19. The second-order valence-corrected chi connectivity index (χ2v) is 28.7. The number of rotatable bonds is 31. The molecule has 9 fully saturated rings. The van der Waals surface area contributed by atoms with Crippen LogP contribution in [-0.2, 0) is 109 Å². The Morgan fingerprint density at radius 3 is 0.860 bits per heavy atom. The first kappa shape index (κ1) is 94.1. The predicted octanol–water partition coefficient (Wildman–Crippen LogP) is -18.7. The third-order valence-electron chi connectivity index (χ3n) is 20.7. The number of hydrogen-bond acceptors (Lipinski definition) is 46. The minimum Gasteiger partial charge on any atom is -0.394 e. The summed E-state index contributed by atoms with van der Waals surface area (Å²) < 4.78 is 112. The molecule has 0 spiro atoms. The van der Waals surface area contributed by atoms with Crippen molar-refractivity contribution < 1.29 is 227 Å². The molecule has 50 heteroatoms. The smallest absolute Gasteiger partial charge is 0.217 e. The van der Waals surface area contributed by atoms with Crippen molar-refractivity contribution in [3.63, 3.8) is 0 Å². The Morgan fingerprint density at radius 2 is 0.509 bits per heavy atom. The fourth-order valence-corrected chi connectivity index (χ4v) is 14.8. The van der Waals surface area contributed by atoms with E-state index in [1.807, 2.05) is 0 Å². The summed E-state index contributed by atoms with van der Waals surface area (Å²) in [5, 5.41) is 268. The average molecular weight is 1670 g/mol. The second-order valence-electron chi connectivity index (χ2n) is 28.7. The number of carbonyl (C=O) groups excluding carboxylic acids is 4. The van der Waals surface area contributed by atoms with Crippen LogP contribution in [0, 0.1) is 0 Å². The van der Waals surface area contributed by atoms with Crippen molar-refractivity contribution in [1.82, 2.24) is 21.3 Å². The Kier molecular flexibility index (Phi) is 34.4. The molecular weight excluding hydrogens is 1560 g/mol. The van der Waals surface area contributed by atoms with E-state index in [9.17, 15) is 137 Å². The van der Waals surface area contributed by atoms with Crippen molar-refractivity contribution in [2.45, 2.75) is 304 Å². The first-order valence-electron chi connectivity index (χ1n) is 36.4. The molecule has 0 radical (unpaired) electrons. The van der Waals surface area contributed by atoms with E-state index >= 15 is 0 Å². The summed E-state index contributed by atoms with van der Waals surface area (Å²) >= 11 is 0. The topological polar surface area (TPSA) is 757 Å². The van der Waals surface area contributed by atoms with Crippen LogP contribution in [0.1, 0.15) is 27.7 Å². The highest BCUT2D eigenvalue weighted by Gasteiger charge is 2.61. The summed E-state index contributed by atoms with van der Waals surface area (Å²) in [5.74, 6) is -3.56. The molecule has 9 aliphatic heterocycles. The van der Waals surface area contributed by atoms with Crippen LogP contribution in [0.4, 0.5) is 0 Å². The lowest BCUT2D eigenvalue weighted by atomic mass is 9.93. The molecule has 660 valence electrons. The lowest BCUT2D eigenvalue weighted by molar-refractivity contribution is -0.399. The van der Waals surface area contributed by atoms with Gasteiger partial charge in [0.2, 0.25) is 23.6 Å². The Bertz CT molecular complexity index is 3010. The number of aliphatic hydroxyl groups is 23.